The van der Waals surface area contributed by atoms with Crippen LogP contribution < -0.4 is 0 Å². The van der Waals surface area contributed by atoms with Gasteiger partial charge in [0.05, 0.1) is 19.6 Å². The zero-order chi connectivity index (χ0) is 18.7. The Balaban J connectivity index is 1.87. The van der Waals surface area contributed by atoms with Crippen LogP contribution in [-0.4, -0.2) is 49.1 Å². The van der Waals surface area contributed by atoms with Crippen molar-refractivity contribution in [1.82, 2.24) is 0 Å². The van der Waals surface area contributed by atoms with Crippen LogP contribution in [0.1, 0.15) is 52.9 Å². The molecule has 5 unspecified atom stereocenters. The highest BCUT2D eigenvalue weighted by Gasteiger charge is 2.44. The lowest BCUT2D eigenvalue weighted by Gasteiger charge is -2.41. The van der Waals surface area contributed by atoms with Gasteiger partial charge in [0, 0.05) is 26.4 Å². The number of carbonyl (C=O) groups is 1. The van der Waals surface area contributed by atoms with Gasteiger partial charge in [0.2, 0.25) is 5.79 Å². The lowest BCUT2D eigenvalue weighted by atomic mass is 9.89. The first-order valence-electron chi connectivity index (χ1n) is 8.78. The van der Waals surface area contributed by atoms with Gasteiger partial charge in [-0.15, -0.1) is 0 Å². The summed E-state index contributed by atoms with van der Waals surface area (Å²) in [5.41, 5.74) is 1.03. The Kier molecular flexibility index (Phi) is 6.62. The van der Waals surface area contributed by atoms with Crippen LogP contribution in [-0.2, 0) is 28.8 Å². The monoisotopic (exact) mass is 358 g/mol. The van der Waals surface area contributed by atoms with Gasteiger partial charge >= 0.3 is 5.97 Å². The lowest BCUT2D eigenvalue weighted by Crippen LogP contribution is -2.46. The maximum Gasteiger partial charge on any atom is 0.308 e. The molecule has 0 aliphatic carbocycles. The van der Waals surface area contributed by atoms with E-state index >= 15 is 0 Å². The topological polar surface area (TPSA) is 83.5 Å². The number of rotatable bonds is 7. The summed E-state index contributed by atoms with van der Waals surface area (Å²) in [7, 11) is 2.92. The first-order chi connectivity index (χ1) is 11.7. The van der Waals surface area contributed by atoms with Crippen molar-refractivity contribution in [2.24, 2.45) is 5.92 Å². The quantitative estimate of drug-likeness (QED) is 0.425. The molecule has 7 nitrogen and oxygen atoms in total. The van der Waals surface area contributed by atoms with Crippen molar-refractivity contribution >= 4 is 5.97 Å². The largest absolute Gasteiger partial charge is 0.469 e. The number of methoxy groups -OCH3 is 2. The third-order valence-corrected chi connectivity index (χ3v) is 5.13. The summed E-state index contributed by atoms with van der Waals surface area (Å²) in [6.45, 7) is 5.85. The number of hydrogen-bond donors (Lipinski definition) is 1. The molecule has 2 aliphatic rings. The van der Waals surface area contributed by atoms with Gasteiger partial charge in [-0.2, -0.15) is 0 Å². The Labute approximate surface area is 149 Å². The van der Waals surface area contributed by atoms with Crippen molar-refractivity contribution in [3.63, 3.8) is 0 Å². The maximum absolute atomic E-state index is 11.4. The van der Waals surface area contributed by atoms with E-state index in [0.29, 0.717) is 25.7 Å². The third kappa shape index (κ3) is 5.01. The van der Waals surface area contributed by atoms with Gasteiger partial charge in [-0.1, -0.05) is 6.92 Å². The highest BCUT2D eigenvalue weighted by atomic mass is 17.2. The molecular weight excluding hydrogens is 328 g/mol. The van der Waals surface area contributed by atoms with Gasteiger partial charge in [0.15, 0.2) is 5.79 Å². The second-order valence-corrected chi connectivity index (χ2v) is 7.14. The molecule has 7 heteroatoms. The van der Waals surface area contributed by atoms with Gasteiger partial charge in [-0.3, -0.25) is 4.79 Å². The van der Waals surface area contributed by atoms with Gasteiger partial charge in [-0.05, 0) is 37.8 Å². The predicted molar refractivity (Wildman–Crippen MR) is 89.2 cm³/mol. The first kappa shape index (κ1) is 20.3. The summed E-state index contributed by atoms with van der Waals surface area (Å²) in [6.07, 6.45) is 3.71. The van der Waals surface area contributed by atoms with Crippen molar-refractivity contribution in [2.75, 3.05) is 14.2 Å². The van der Waals surface area contributed by atoms with E-state index in [1.165, 1.54) is 7.11 Å². The molecule has 0 saturated carbocycles. The van der Waals surface area contributed by atoms with E-state index in [4.69, 9.17) is 19.2 Å². The molecule has 0 radical (unpaired) electrons. The summed E-state index contributed by atoms with van der Waals surface area (Å²) in [5.74, 6) is -2.37. The molecule has 1 N–H and O–H groups in total. The molecule has 0 aromatic heterocycles. The Morgan fingerprint density at radius 3 is 2.60 bits per heavy atom. The smallest absolute Gasteiger partial charge is 0.308 e. The molecule has 0 aromatic carbocycles. The summed E-state index contributed by atoms with van der Waals surface area (Å²) in [5, 5.41) is 10.5. The maximum atomic E-state index is 11.4. The highest BCUT2D eigenvalue weighted by molar-refractivity contribution is 5.69. The van der Waals surface area contributed by atoms with Crippen LogP contribution in [0.2, 0.25) is 0 Å². The third-order valence-electron chi connectivity index (χ3n) is 5.13. The van der Waals surface area contributed by atoms with Crippen molar-refractivity contribution in [3.05, 3.63) is 11.6 Å². The number of carbonyl (C=O) groups excluding carboxylic acids is 1. The predicted octanol–water partition coefficient (Wildman–Crippen LogP) is 2.47. The fourth-order valence-corrected chi connectivity index (χ4v) is 3.39. The zero-order valence-electron chi connectivity index (χ0n) is 15.7. The van der Waals surface area contributed by atoms with Crippen molar-refractivity contribution in [3.8, 4) is 0 Å². The van der Waals surface area contributed by atoms with Gasteiger partial charge in [0.1, 0.15) is 6.10 Å². The van der Waals surface area contributed by atoms with E-state index in [0.717, 1.165) is 5.57 Å². The standard InChI is InChI=1S/C18H30O7/c1-12-10-17(20,23-14(12)3)7-6-8-18(22-5)11-13(2)15(24-25-18)9-16(19)21-4/h10,13-15,20H,6-9,11H2,1-5H3. The molecule has 25 heavy (non-hydrogen) atoms. The molecule has 2 heterocycles. The molecule has 1 fully saturated rings. The Morgan fingerprint density at radius 2 is 2.08 bits per heavy atom. The molecule has 5 atom stereocenters. The van der Waals surface area contributed by atoms with Crippen LogP contribution in [0.25, 0.3) is 0 Å². The number of ether oxygens (including phenoxy) is 3. The molecule has 1 saturated heterocycles. The van der Waals surface area contributed by atoms with E-state index in [9.17, 15) is 9.90 Å². The molecular formula is C18H30O7. The minimum Gasteiger partial charge on any atom is -0.469 e. The number of esters is 1. The van der Waals surface area contributed by atoms with Gasteiger partial charge in [-0.25, -0.2) is 9.78 Å². The molecule has 0 spiro atoms. The summed E-state index contributed by atoms with van der Waals surface area (Å²) in [6, 6.07) is 0. The van der Waals surface area contributed by atoms with E-state index < -0.39 is 11.6 Å². The second kappa shape index (κ2) is 8.14. The molecule has 2 aliphatic heterocycles. The van der Waals surface area contributed by atoms with Crippen LogP contribution in [0.3, 0.4) is 0 Å². The van der Waals surface area contributed by atoms with E-state index in [2.05, 4.69) is 4.74 Å². The highest BCUT2D eigenvalue weighted by Crippen LogP contribution is 2.38. The molecule has 0 bridgehead atoms. The Morgan fingerprint density at radius 1 is 1.36 bits per heavy atom. The molecule has 0 amide bonds. The normalized spacial score (nSPS) is 38.5. The average molecular weight is 358 g/mol. The molecule has 0 aromatic rings. The van der Waals surface area contributed by atoms with Crippen LogP contribution in [0.5, 0.6) is 0 Å². The Bertz CT molecular complexity index is 506. The SMILES string of the molecule is COC(=O)CC1OOC(CCCC2(O)C=C(C)C(C)O2)(OC)CC1C. The van der Waals surface area contributed by atoms with Crippen molar-refractivity contribution in [2.45, 2.75) is 76.7 Å². The lowest BCUT2D eigenvalue weighted by molar-refractivity contribution is -0.475. The first-order valence-corrected chi connectivity index (χ1v) is 8.78. The van der Waals surface area contributed by atoms with Crippen LogP contribution >= 0.6 is 0 Å². The second-order valence-electron chi connectivity index (χ2n) is 7.14. The van der Waals surface area contributed by atoms with Crippen LogP contribution in [0, 0.1) is 5.92 Å². The summed E-state index contributed by atoms with van der Waals surface area (Å²) in [4.78, 5) is 22.4. The van der Waals surface area contributed by atoms with Crippen LogP contribution in [0.15, 0.2) is 11.6 Å². The minimum atomic E-state index is -1.23. The number of aliphatic hydroxyl groups is 1. The summed E-state index contributed by atoms with van der Waals surface area (Å²) >= 11 is 0. The minimum absolute atomic E-state index is 0.0702. The van der Waals surface area contributed by atoms with Gasteiger partial charge in [0.25, 0.3) is 0 Å². The van der Waals surface area contributed by atoms with Crippen molar-refractivity contribution < 1.29 is 33.9 Å². The van der Waals surface area contributed by atoms with Crippen LogP contribution in [0.4, 0.5) is 0 Å². The molecule has 2 rings (SSSR count). The fraction of sp³-hybridized carbons (Fsp3) is 0.833. The number of hydrogen-bond acceptors (Lipinski definition) is 7. The van der Waals surface area contributed by atoms with E-state index in [-0.39, 0.29) is 30.5 Å². The van der Waals surface area contributed by atoms with Gasteiger partial charge < -0.3 is 19.3 Å². The zero-order valence-corrected chi connectivity index (χ0v) is 15.7. The molecule has 144 valence electrons. The van der Waals surface area contributed by atoms with E-state index in [1.807, 2.05) is 20.8 Å². The Hall–Kier alpha value is -0.990. The van der Waals surface area contributed by atoms with E-state index in [1.54, 1.807) is 13.2 Å². The summed E-state index contributed by atoms with van der Waals surface area (Å²) < 4.78 is 15.9. The average Bonchev–Trinajstić information content (AvgIpc) is 2.82. The van der Waals surface area contributed by atoms with Crippen molar-refractivity contribution in [1.29, 1.82) is 0 Å². The fourth-order valence-electron chi connectivity index (χ4n) is 3.39.